The number of aromatic amines is 1. The Morgan fingerprint density at radius 3 is 2.64 bits per heavy atom. The fraction of sp³-hybridized carbons (Fsp3) is 0.467. The second-order valence-corrected chi connectivity index (χ2v) is 11.6. The predicted octanol–water partition coefficient (Wildman–Crippen LogP) is 4.75. The van der Waals surface area contributed by atoms with Gasteiger partial charge in [-0.25, -0.2) is 28.3 Å². The Morgan fingerprint density at radius 2 is 1.88 bits per heavy atom. The summed E-state index contributed by atoms with van der Waals surface area (Å²) in [6.45, 7) is 5.19. The Morgan fingerprint density at radius 1 is 1.10 bits per heavy atom. The number of fused-ring (bicyclic) bond motifs is 2. The summed E-state index contributed by atoms with van der Waals surface area (Å²) in [6.07, 6.45) is 5.67. The van der Waals surface area contributed by atoms with Crippen molar-refractivity contribution in [2.24, 2.45) is 0 Å². The van der Waals surface area contributed by atoms with E-state index in [4.69, 9.17) is 9.72 Å². The van der Waals surface area contributed by atoms with E-state index in [1.165, 1.54) is 6.07 Å². The van der Waals surface area contributed by atoms with E-state index in [0.717, 1.165) is 17.3 Å². The molecule has 1 fully saturated rings. The Balaban J connectivity index is 1.21. The number of aromatic nitrogens is 5. The minimum atomic E-state index is -0.875. The maximum absolute atomic E-state index is 14.9. The van der Waals surface area contributed by atoms with Gasteiger partial charge in [-0.3, -0.25) is 9.55 Å². The molecular formula is C30H35F2N7O3. The zero-order valence-corrected chi connectivity index (χ0v) is 23.9. The smallest absolute Gasteiger partial charge is 0.327 e. The van der Waals surface area contributed by atoms with E-state index in [1.54, 1.807) is 41.1 Å². The number of benzene rings is 1. The molecule has 2 aliphatic rings. The molecule has 0 bridgehead atoms. The first kappa shape index (κ1) is 28.1. The van der Waals surface area contributed by atoms with E-state index in [2.05, 4.69) is 15.3 Å². The maximum Gasteiger partial charge on any atom is 0.327 e. The average Bonchev–Trinajstić information content (AvgIpc) is 3.51. The van der Waals surface area contributed by atoms with Gasteiger partial charge >= 0.3 is 11.7 Å². The molecule has 0 unspecified atom stereocenters. The zero-order valence-electron chi connectivity index (χ0n) is 23.9. The molecular weight excluding hydrogens is 544 g/mol. The van der Waals surface area contributed by atoms with Crippen LogP contribution in [0.5, 0.6) is 0 Å². The number of piperidine rings is 1. The zero-order chi connectivity index (χ0) is 29.6. The number of likely N-dealkylation sites (tertiary alicyclic amines) is 1. The van der Waals surface area contributed by atoms with Crippen LogP contribution >= 0.6 is 0 Å². The van der Waals surface area contributed by atoms with Crippen molar-refractivity contribution in [2.45, 2.75) is 69.7 Å². The van der Waals surface area contributed by atoms with Crippen LogP contribution in [0.1, 0.15) is 74.6 Å². The average molecular weight is 580 g/mol. The van der Waals surface area contributed by atoms with Gasteiger partial charge in [-0.1, -0.05) is 12.1 Å². The lowest BCUT2D eigenvalue weighted by Gasteiger charge is -2.33. The van der Waals surface area contributed by atoms with Crippen molar-refractivity contribution in [3.8, 4) is 0 Å². The molecule has 5 heterocycles. The first-order valence-corrected chi connectivity index (χ1v) is 14.3. The molecule has 222 valence electrons. The molecule has 4 aromatic rings. The SMILES string of the molecule is COC(C)(C)c1cnc2n1C[C@H](c1cccc(F)c1F)CC[C@H]2NC(=O)N1CCC(n2c(=O)[nH]c3ncccc32)CC1. The maximum atomic E-state index is 14.9. The van der Waals surface area contributed by atoms with Crippen LogP contribution in [0.3, 0.4) is 0 Å². The highest BCUT2D eigenvalue weighted by molar-refractivity contribution is 5.75. The third-order valence-corrected chi connectivity index (χ3v) is 8.86. The van der Waals surface area contributed by atoms with Crippen molar-refractivity contribution >= 4 is 17.2 Å². The Kier molecular flexibility index (Phi) is 7.34. The fourth-order valence-electron chi connectivity index (χ4n) is 6.37. The molecule has 42 heavy (non-hydrogen) atoms. The van der Waals surface area contributed by atoms with Crippen LogP contribution in [0.2, 0.25) is 0 Å². The molecule has 2 atom stereocenters. The number of nitrogens with zero attached hydrogens (tertiary/aromatic N) is 5. The van der Waals surface area contributed by atoms with Crippen LogP contribution in [-0.4, -0.2) is 55.2 Å². The number of rotatable bonds is 5. The number of ether oxygens (including phenoxy) is 1. The van der Waals surface area contributed by atoms with Gasteiger partial charge in [0.15, 0.2) is 17.3 Å². The molecule has 2 aliphatic heterocycles. The van der Waals surface area contributed by atoms with Crippen LogP contribution in [0.25, 0.3) is 11.2 Å². The molecule has 3 aromatic heterocycles. The monoisotopic (exact) mass is 579 g/mol. The summed E-state index contributed by atoms with van der Waals surface area (Å²) in [5.41, 5.74) is 1.53. The van der Waals surface area contributed by atoms with Crippen molar-refractivity contribution in [1.29, 1.82) is 0 Å². The number of methoxy groups -OCH3 is 1. The van der Waals surface area contributed by atoms with Crippen molar-refractivity contribution in [1.82, 2.24) is 34.3 Å². The fourth-order valence-corrected chi connectivity index (χ4v) is 6.37. The van der Waals surface area contributed by atoms with Crippen molar-refractivity contribution in [3.63, 3.8) is 0 Å². The largest absolute Gasteiger partial charge is 0.373 e. The first-order valence-electron chi connectivity index (χ1n) is 14.3. The normalized spacial score (nSPS) is 20.0. The molecule has 2 amide bonds. The second-order valence-electron chi connectivity index (χ2n) is 11.6. The molecule has 2 N–H and O–H groups in total. The first-order chi connectivity index (χ1) is 20.2. The number of pyridine rings is 1. The number of H-pyrrole nitrogens is 1. The van der Waals surface area contributed by atoms with Gasteiger partial charge in [-0.2, -0.15) is 0 Å². The summed E-state index contributed by atoms with van der Waals surface area (Å²) in [4.78, 5) is 39.7. The van der Waals surface area contributed by atoms with Crippen LogP contribution in [0.4, 0.5) is 13.6 Å². The highest BCUT2D eigenvalue weighted by Gasteiger charge is 2.35. The number of amides is 2. The summed E-state index contributed by atoms with van der Waals surface area (Å²) in [5.74, 6) is -1.37. The lowest BCUT2D eigenvalue weighted by atomic mass is 9.92. The van der Waals surface area contributed by atoms with Crippen LogP contribution in [0.15, 0.2) is 47.5 Å². The number of nitrogens with one attached hydrogen (secondary N) is 2. The number of urea groups is 1. The minimum absolute atomic E-state index is 0.0444. The number of hydrogen-bond donors (Lipinski definition) is 2. The highest BCUT2D eigenvalue weighted by atomic mass is 19.2. The standard InChI is InChI=1S/C30H35F2N7O3/c1-30(2,42-3)24-16-34-27-22(10-9-18(17-38(24)27)20-6-4-7-21(31)25(20)32)35-28(40)37-14-11-19(12-15-37)39-23-8-5-13-33-26(23)36-29(39)41/h4-8,13,16,18-19,22H,9-12,14-15,17H2,1-3H3,(H,35,40)(H,33,36,41)/t18-,22-/m1/s1. The van der Waals surface area contributed by atoms with E-state index in [-0.39, 0.29) is 23.7 Å². The van der Waals surface area contributed by atoms with Gasteiger partial charge in [-0.05, 0) is 63.3 Å². The van der Waals surface area contributed by atoms with Crippen molar-refractivity contribution < 1.29 is 18.3 Å². The number of imidazole rings is 2. The number of halogens is 2. The molecule has 0 saturated carbocycles. The molecule has 10 nitrogen and oxygen atoms in total. The van der Waals surface area contributed by atoms with Gasteiger partial charge in [0, 0.05) is 44.9 Å². The lowest BCUT2D eigenvalue weighted by Crippen LogP contribution is -2.46. The minimum Gasteiger partial charge on any atom is -0.373 e. The molecule has 1 aromatic carbocycles. The van der Waals surface area contributed by atoms with E-state index >= 15 is 0 Å². The van der Waals surface area contributed by atoms with Crippen molar-refractivity contribution in [2.75, 3.05) is 20.2 Å². The third kappa shape index (κ3) is 4.97. The van der Waals surface area contributed by atoms with Gasteiger partial charge in [0.05, 0.1) is 23.4 Å². The van der Waals surface area contributed by atoms with E-state index < -0.39 is 23.3 Å². The quantitative estimate of drug-likeness (QED) is 0.355. The van der Waals surface area contributed by atoms with E-state index in [0.29, 0.717) is 62.4 Å². The molecule has 1 saturated heterocycles. The predicted molar refractivity (Wildman–Crippen MR) is 152 cm³/mol. The Labute approximate surface area is 241 Å². The number of carbonyl (C=O) groups excluding carboxylic acids is 1. The summed E-state index contributed by atoms with van der Waals surface area (Å²) in [5, 5.41) is 3.17. The molecule has 0 radical (unpaired) electrons. The van der Waals surface area contributed by atoms with Crippen LogP contribution in [0, 0.1) is 11.6 Å². The van der Waals surface area contributed by atoms with Gasteiger partial charge in [0.1, 0.15) is 11.4 Å². The molecule has 0 aliphatic carbocycles. The lowest BCUT2D eigenvalue weighted by molar-refractivity contribution is 0.0120. The summed E-state index contributed by atoms with van der Waals surface area (Å²) < 4.78 is 38.5. The molecule has 12 heteroatoms. The number of carbonyl (C=O) groups is 1. The molecule has 6 rings (SSSR count). The van der Waals surface area contributed by atoms with Gasteiger partial charge in [0.2, 0.25) is 0 Å². The summed E-state index contributed by atoms with van der Waals surface area (Å²) >= 11 is 0. The van der Waals surface area contributed by atoms with Crippen LogP contribution < -0.4 is 11.0 Å². The Hall–Kier alpha value is -4.06. The summed E-state index contributed by atoms with van der Waals surface area (Å²) in [7, 11) is 1.62. The van der Waals surface area contributed by atoms with Crippen molar-refractivity contribution in [3.05, 3.63) is 81.9 Å². The Bertz CT molecular complexity index is 1670. The number of hydrogen-bond acceptors (Lipinski definition) is 5. The van der Waals surface area contributed by atoms with Gasteiger partial charge in [-0.15, -0.1) is 0 Å². The topological polar surface area (TPSA) is 110 Å². The van der Waals surface area contributed by atoms with E-state index in [1.807, 2.05) is 24.5 Å². The second kappa shape index (κ2) is 11.0. The third-order valence-electron chi connectivity index (χ3n) is 8.86. The van der Waals surface area contributed by atoms with E-state index in [9.17, 15) is 18.4 Å². The van der Waals surface area contributed by atoms with Gasteiger partial charge in [0.25, 0.3) is 0 Å². The molecule has 0 spiro atoms. The summed E-state index contributed by atoms with van der Waals surface area (Å²) in [6, 6.07) is 7.25. The highest BCUT2D eigenvalue weighted by Crippen LogP contribution is 2.37. The van der Waals surface area contributed by atoms with Gasteiger partial charge < -0.3 is 19.5 Å². The van der Waals surface area contributed by atoms with Crippen LogP contribution in [-0.2, 0) is 16.9 Å².